The predicted molar refractivity (Wildman–Crippen MR) is 281 cm³/mol. The fraction of sp³-hybridized carbons (Fsp3) is 0.323. The number of phenols is 1. The Balaban J connectivity index is 1.67. The summed E-state index contributed by atoms with van der Waals surface area (Å²) in [5.74, 6) is -2.72. The molecule has 6 aromatic carbocycles. The largest absolute Gasteiger partial charge is 0.507 e. The Kier molecular flexibility index (Phi) is 4.30. The van der Waals surface area contributed by atoms with Crippen molar-refractivity contribution in [1.29, 1.82) is 0 Å². The Morgan fingerprint density at radius 2 is 1.14 bits per heavy atom. The number of rotatable bonds is 6. The van der Waals surface area contributed by atoms with Crippen LogP contribution in [0.25, 0.3) is 72.7 Å². The summed E-state index contributed by atoms with van der Waals surface area (Å²) in [6.45, 7) is -45.5. The lowest BCUT2D eigenvalue weighted by Gasteiger charge is -2.28. The van der Waals surface area contributed by atoms with Crippen LogP contribution in [-0.4, -0.2) is 19.6 Å². The van der Waals surface area contributed by atoms with Crippen LogP contribution in [0, 0.1) is 0 Å². The quantitative estimate of drug-likeness (QED) is 0.181. The maximum atomic E-state index is 13.2. The molecule has 4 nitrogen and oxygen atoms in total. The Bertz CT molecular complexity index is 4690. The maximum Gasteiger partial charge on any atom is 0.149 e. The number of benzene rings is 6. The predicted octanol–water partition coefficient (Wildman–Crippen LogP) is 16.9. The van der Waals surface area contributed by atoms with Gasteiger partial charge in [0.15, 0.2) is 0 Å². The minimum Gasteiger partial charge on any atom is -0.507 e. The summed E-state index contributed by atoms with van der Waals surface area (Å²) < 4.78 is 377. The van der Waals surface area contributed by atoms with Crippen molar-refractivity contribution in [2.45, 2.75) is 130 Å². The minimum atomic E-state index is -4.48. The zero-order valence-corrected chi connectivity index (χ0v) is 35.5. The van der Waals surface area contributed by atoms with Crippen LogP contribution in [0.2, 0.25) is 0 Å². The molecule has 2 heterocycles. The number of phenolic OH excluding ortho intramolecular Hbond substituents is 1. The van der Waals surface area contributed by atoms with Gasteiger partial charge in [-0.05, 0) is 120 Å². The Morgan fingerprint density at radius 3 is 1.82 bits per heavy atom. The Labute approximate surface area is 455 Å². The summed E-state index contributed by atoms with van der Waals surface area (Å²) in [4.78, 5) is 9.18. The molecule has 0 saturated carbocycles. The SMILES string of the molecule is [2H]c1nc(-c2cc(-c3cccc4c3nc(-c3cc(C(C([2H])([2H])[2H])(C([2H])([2H])[2H])C([2H])([2H])[2H])cc(C(C([2H])([2H])[2H])(C([2H])([2H])[2H])C([2H])([2H])[2H])c3O)n4-c3ccc(C(C([2H])([2H])[2H])(C([2H])([2H])[2H])C([2H])([2H])[2H])cc3-c3ccccc3)cc(C(C)(C)C)c2)c([2H])c(-c2c([2H])c([2H])c(C(C([2H])([2H])[2H])(C([2H])([2H])[2H])C([2H])([2H])[2H])c([2H])c2[2H])c1[2H]. The van der Waals surface area contributed by atoms with E-state index in [9.17, 15) is 9.22 Å². The third kappa shape index (κ3) is 9.12. The zero-order valence-electron chi connectivity index (χ0n) is 78.5. The molecular weight excluding hydrogens is 803 g/mol. The molecule has 0 spiro atoms. The molecule has 0 saturated heterocycles. The van der Waals surface area contributed by atoms with Crippen LogP contribution in [0.5, 0.6) is 5.75 Å². The lowest BCUT2D eigenvalue weighted by atomic mass is 9.79. The van der Waals surface area contributed by atoms with Crippen molar-refractivity contribution in [1.82, 2.24) is 14.5 Å². The van der Waals surface area contributed by atoms with Gasteiger partial charge in [-0.25, -0.2) is 4.98 Å². The van der Waals surface area contributed by atoms with E-state index >= 15 is 0 Å². The number of aromatic hydroxyl groups is 1. The fourth-order valence-electron chi connectivity index (χ4n) is 7.43. The number of para-hydroxylation sites is 1. The molecular formula is C62H69N3O. The van der Waals surface area contributed by atoms with Gasteiger partial charge in [0.25, 0.3) is 0 Å². The van der Waals surface area contributed by atoms with Crippen molar-refractivity contribution in [2.75, 3.05) is 0 Å². The number of nitrogens with zero attached hydrogens (tertiary/aromatic N) is 3. The molecule has 0 aliphatic rings. The molecule has 8 aromatic rings. The first-order valence-corrected chi connectivity index (χ1v) is 20.1. The molecule has 0 fully saturated rings. The second-order valence-corrected chi connectivity index (χ2v) is 17.0. The first-order valence-electron chi connectivity index (χ1n) is 41.6. The van der Waals surface area contributed by atoms with E-state index in [4.69, 9.17) is 59.8 Å². The van der Waals surface area contributed by atoms with E-state index in [2.05, 4.69) is 4.98 Å². The summed E-state index contributed by atoms with van der Waals surface area (Å²) in [6, 6.07) is 10.3. The van der Waals surface area contributed by atoms with Crippen LogP contribution >= 0.6 is 0 Å². The average Bonchev–Trinajstić information content (AvgIpc) is 1.33. The average molecular weight is 916 g/mol. The molecule has 0 aliphatic heterocycles. The third-order valence-electron chi connectivity index (χ3n) is 10.9. The second kappa shape index (κ2) is 16.6. The summed E-state index contributed by atoms with van der Waals surface area (Å²) >= 11 is 0. The Hall–Kier alpha value is -6.26. The van der Waals surface area contributed by atoms with Crippen molar-refractivity contribution < 1.29 is 64.0 Å². The fourth-order valence-corrected chi connectivity index (χ4v) is 7.43. The normalized spacial score (nSPS) is 24.7. The van der Waals surface area contributed by atoms with E-state index in [0.29, 0.717) is 6.07 Å². The van der Waals surface area contributed by atoms with Crippen LogP contribution in [-0.2, 0) is 27.1 Å². The van der Waals surface area contributed by atoms with E-state index in [1.807, 2.05) is 0 Å². The van der Waals surface area contributed by atoms with Crippen molar-refractivity contribution in [3.05, 3.63) is 167 Å². The monoisotopic (exact) mass is 915 g/mol. The molecule has 338 valence electrons. The lowest BCUT2D eigenvalue weighted by molar-refractivity contribution is 0.446. The lowest BCUT2D eigenvalue weighted by Crippen LogP contribution is -2.17. The number of hydrogen-bond acceptors (Lipinski definition) is 3. The molecule has 0 aliphatic carbocycles. The van der Waals surface area contributed by atoms with Crippen molar-refractivity contribution in [3.8, 4) is 67.5 Å². The van der Waals surface area contributed by atoms with Crippen LogP contribution in [0.1, 0.15) is 190 Å². The molecule has 8 rings (SSSR count). The van der Waals surface area contributed by atoms with Crippen LogP contribution in [0.3, 0.4) is 0 Å². The van der Waals surface area contributed by atoms with E-state index < -0.39 is 219 Å². The van der Waals surface area contributed by atoms with Crippen LogP contribution in [0.4, 0.5) is 0 Å². The van der Waals surface area contributed by atoms with Crippen LogP contribution in [0.15, 0.2) is 139 Å². The van der Waals surface area contributed by atoms with Gasteiger partial charge in [-0.3, -0.25) is 9.55 Å². The maximum absolute atomic E-state index is 13.2. The molecule has 66 heavy (non-hydrogen) atoms. The van der Waals surface area contributed by atoms with Crippen LogP contribution < -0.4 is 0 Å². The number of pyridine rings is 1. The van der Waals surface area contributed by atoms with Gasteiger partial charge in [0.05, 0.1) is 37.6 Å². The molecule has 0 unspecified atom stereocenters. The highest BCUT2D eigenvalue weighted by Crippen LogP contribution is 2.46. The molecule has 0 atom stereocenters. The zero-order chi connectivity index (χ0) is 83.8. The second-order valence-electron chi connectivity index (χ2n) is 17.0. The molecule has 0 radical (unpaired) electrons. The summed E-state index contributed by atoms with van der Waals surface area (Å²) in [6.07, 6.45) is -1.04. The Morgan fingerprint density at radius 1 is 0.500 bits per heavy atom. The third-order valence-corrected chi connectivity index (χ3v) is 10.9. The van der Waals surface area contributed by atoms with Gasteiger partial charge in [0.1, 0.15) is 11.6 Å². The van der Waals surface area contributed by atoms with Gasteiger partial charge in [-0.2, -0.15) is 0 Å². The summed E-state index contributed by atoms with van der Waals surface area (Å²) in [5, 5.41) is 13.2. The molecule has 4 heteroatoms. The van der Waals surface area contributed by atoms with E-state index in [1.54, 1.807) is 20.8 Å². The number of hydrogen-bond donors (Lipinski definition) is 1. The van der Waals surface area contributed by atoms with Gasteiger partial charge in [0, 0.05) is 77.8 Å². The molecule has 0 amide bonds. The number of aromatic nitrogens is 3. The van der Waals surface area contributed by atoms with E-state index in [-0.39, 0.29) is 45.0 Å². The number of fused-ring (bicyclic) bond motifs is 1. The van der Waals surface area contributed by atoms with Gasteiger partial charge in [-0.1, -0.05) is 188 Å². The summed E-state index contributed by atoms with van der Waals surface area (Å²) in [7, 11) is 0. The highest BCUT2D eigenvalue weighted by Gasteiger charge is 2.30. The summed E-state index contributed by atoms with van der Waals surface area (Å²) in [5.41, 5.74) is -29.1. The van der Waals surface area contributed by atoms with Crippen molar-refractivity contribution in [2.24, 2.45) is 0 Å². The highest BCUT2D eigenvalue weighted by molar-refractivity contribution is 5.98. The smallest absolute Gasteiger partial charge is 0.149 e. The molecule has 2 aromatic heterocycles. The molecule has 0 bridgehead atoms. The van der Waals surface area contributed by atoms with E-state index in [1.165, 1.54) is 66.7 Å². The molecule has 1 N–H and O–H groups in total. The first kappa shape index (κ1) is 17.1. The number of imidazole rings is 1. The topological polar surface area (TPSA) is 50.9 Å². The van der Waals surface area contributed by atoms with Gasteiger partial charge >= 0.3 is 0 Å². The van der Waals surface area contributed by atoms with E-state index in [0.717, 1.165) is 22.8 Å². The highest BCUT2D eigenvalue weighted by atomic mass is 16.3. The van der Waals surface area contributed by atoms with Crippen molar-refractivity contribution in [3.63, 3.8) is 0 Å². The van der Waals surface area contributed by atoms with Gasteiger partial charge in [-0.15, -0.1) is 0 Å². The minimum absolute atomic E-state index is 0.0400. The standard InChI is InChI=1S/C62H69N3O/c1-58(2,3)44-26-24-39(25-27-44)41-30-31-63-52(35-41)43-32-42(33-46(34-43)60(7,8)9)48-22-19-23-54-55(48)64-57(50-37-47(61(10,11)12)38-51(56(50)66)62(13,14)15)65(54)53-29-28-45(59(4,5)6)36-49(53)40-20-17-16-18-21-40/h16-38,66H,1-15H3/i1D3,2D3,3D3,4D3,5D3,6D3,10D3,11D3,12D3,13D3,14D3,15D3,24D,25D,26D,27D,30D,31D,35D. The first-order chi connectivity index (χ1) is 48.7. The van der Waals surface area contributed by atoms with Gasteiger partial charge in [0.2, 0.25) is 0 Å². The van der Waals surface area contributed by atoms with Gasteiger partial charge < -0.3 is 5.11 Å². The van der Waals surface area contributed by atoms with Crippen molar-refractivity contribution >= 4 is 11.0 Å².